The van der Waals surface area contributed by atoms with Gasteiger partial charge in [0, 0.05) is 11.9 Å². The van der Waals surface area contributed by atoms with Crippen molar-refractivity contribution >= 4 is 6.08 Å². The molecule has 0 atom stereocenters. The number of pyridine rings is 1. The molecule has 1 heterocycles. The number of allylic oxidation sites excluding steroid dienone is 1. The molecular formula is C12H17N. The van der Waals surface area contributed by atoms with Gasteiger partial charge in [-0.2, -0.15) is 0 Å². The van der Waals surface area contributed by atoms with E-state index in [1.54, 1.807) is 0 Å². The van der Waals surface area contributed by atoms with E-state index in [0.717, 1.165) is 18.0 Å². The smallest absolute Gasteiger partial charge is 0.0444 e. The molecule has 1 heteroatoms. The van der Waals surface area contributed by atoms with Crippen molar-refractivity contribution in [1.82, 2.24) is 4.98 Å². The summed E-state index contributed by atoms with van der Waals surface area (Å²) < 4.78 is 0. The molecule has 0 amide bonds. The fourth-order valence-electron chi connectivity index (χ4n) is 1.14. The summed E-state index contributed by atoms with van der Waals surface area (Å²) in [6.07, 6.45) is 7.33. The molecule has 0 bridgehead atoms. The van der Waals surface area contributed by atoms with E-state index in [2.05, 4.69) is 37.0 Å². The van der Waals surface area contributed by atoms with Gasteiger partial charge in [-0.05, 0) is 30.9 Å². The van der Waals surface area contributed by atoms with Crippen LogP contribution < -0.4 is 0 Å². The van der Waals surface area contributed by atoms with Gasteiger partial charge in [0.2, 0.25) is 0 Å². The van der Waals surface area contributed by atoms with Crippen LogP contribution in [0.5, 0.6) is 0 Å². The summed E-state index contributed by atoms with van der Waals surface area (Å²) in [7, 11) is 0. The van der Waals surface area contributed by atoms with Gasteiger partial charge in [-0.15, -0.1) is 0 Å². The van der Waals surface area contributed by atoms with Crippen molar-refractivity contribution in [2.75, 3.05) is 0 Å². The largest absolute Gasteiger partial charge is 0.261 e. The molecule has 0 radical (unpaired) electrons. The molecule has 0 N–H and O–H groups in total. The normalized spacial score (nSPS) is 11.4. The van der Waals surface area contributed by atoms with Gasteiger partial charge in [-0.25, -0.2) is 0 Å². The fourth-order valence-corrected chi connectivity index (χ4v) is 1.14. The summed E-state index contributed by atoms with van der Waals surface area (Å²) in [5.74, 6) is 0.730. The molecule has 13 heavy (non-hydrogen) atoms. The molecule has 0 aromatic carbocycles. The van der Waals surface area contributed by atoms with E-state index in [1.165, 1.54) is 5.56 Å². The maximum Gasteiger partial charge on any atom is 0.0444 e. The lowest BCUT2D eigenvalue weighted by atomic mass is 10.1. The third kappa shape index (κ3) is 3.41. The molecule has 1 aromatic rings. The maximum atomic E-state index is 4.23. The van der Waals surface area contributed by atoms with Crippen LogP contribution in [-0.2, 0) is 0 Å². The molecule has 70 valence electrons. The first-order chi connectivity index (χ1) is 6.20. The number of hydrogen-bond acceptors (Lipinski definition) is 1. The van der Waals surface area contributed by atoms with E-state index < -0.39 is 0 Å². The molecule has 0 spiro atoms. The molecule has 0 saturated heterocycles. The van der Waals surface area contributed by atoms with Crippen LogP contribution in [-0.4, -0.2) is 4.98 Å². The molecule has 0 aliphatic rings. The van der Waals surface area contributed by atoms with Crippen LogP contribution in [0.4, 0.5) is 0 Å². The topological polar surface area (TPSA) is 12.9 Å². The summed E-state index contributed by atoms with van der Waals surface area (Å²) >= 11 is 0. The zero-order valence-electron chi connectivity index (χ0n) is 8.62. The van der Waals surface area contributed by atoms with Crippen molar-refractivity contribution in [3.05, 3.63) is 35.7 Å². The number of rotatable bonds is 3. The van der Waals surface area contributed by atoms with E-state index in [0.29, 0.717) is 0 Å². The van der Waals surface area contributed by atoms with E-state index in [4.69, 9.17) is 0 Å². The number of nitrogens with zero attached hydrogens (tertiary/aromatic N) is 1. The zero-order valence-corrected chi connectivity index (χ0v) is 8.62. The standard InChI is InChI=1S/C12H17N/c1-10(2)6-4-7-12-8-5-9-13-11(12)3/h4-5,7-10H,6H2,1-3H3/b7-4-. The van der Waals surface area contributed by atoms with Crippen LogP contribution >= 0.6 is 0 Å². The first kappa shape index (κ1) is 9.97. The molecule has 1 aromatic heterocycles. The van der Waals surface area contributed by atoms with Crippen molar-refractivity contribution in [2.24, 2.45) is 5.92 Å². The SMILES string of the molecule is Cc1ncccc1/C=C\CC(C)C. The Balaban J connectivity index is 2.63. The zero-order chi connectivity index (χ0) is 9.68. The summed E-state index contributed by atoms with van der Waals surface area (Å²) in [6.45, 7) is 6.48. The first-order valence-electron chi connectivity index (χ1n) is 4.78. The molecule has 0 unspecified atom stereocenters. The number of hydrogen-bond donors (Lipinski definition) is 0. The monoisotopic (exact) mass is 175 g/mol. The van der Waals surface area contributed by atoms with E-state index >= 15 is 0 Å². The minimum Gasteiger partial charge on any atom is -0.261 e. The van der Waals surface area contributed by atoms with Gasteiger partial charge >= 0.3 is 0 Å². The quantitative estimate of drug-likeness (QED) is 0.685. The van der Waals surface area contributed by atoms with Crippen molar-refractivity contribution in [3.8, 4) is 0 Å². The molecule has 1 nitrogen and oxygen atoms in total. The second-order valence-corrected chi connectivity index (χ2v) is 3.71. The lowest BCUT2D eigenvalue weighted by Gasteiger charge is -1.99. The molecule has 1 rings (SSSR count). The van der Waals surface area contributed by atoms with Crippen molar-refractivity contribution in [1.29, 1.82) is 0 Å². The second-order valence-electron chi connectivity index (χ2n) is 3.71. The minimum atomic E-state index is 0.730. The summed E-state index contributed by atoms with van der Waals surface area (Å²) in [5, 5.41) is 0. The lowest BCUT2D eigenvalue weighted by molar-refractivity contribution is 0.665. The van der Waals surface area contributed by atoms with E-state index in [9.17, 15) is 0 Å². The Kier molecular flexibility index (Phi) is 3.69. The average Bonchev–Trinajstić information content (AvgIpc) is 2.08. The Hall–Kier alpha value is -1.11. The van der Waals surface area contributed by atoms with E-state index in [1.807, 2.05) is 19.2 Å². The number of aryl methyl sites for hydroxylation is 1. The van der Waals surface area contributed by atoms with Crippen LogP contribution in [0, 0.1) is 12.8 Å². The van der Waals surface area contributed by atoms with Gasteiger partial charge in [0.15, 0.2) is 0 Å². The van der Waals surface area contributed by atoms with Crippen LogP contribution in [0.1, 0.15) is 31.5 Å². The van der Waals surface area contributed by atoms with Crippen LogP contribution in [0.3, 0.4) is 0 Å². The Morgan fingerprint density at radius 3 is 2.85 bits per heavy atom. The van der Waals surface area contributed by atoms with Crippen molar-refractivity contribution in [3.63, 3.8) is 0 Å². The van der Waals surface area contributed by atoms with Gasteiger partial charge < -0.3 is 0 Å². The van der Waals surface area contributed by atoms with Crippen LogP contribution in [0.15, 0.2) is 24.4 Å². The lowest BCUT2D eigenvalue weighted by Crippen LogP contribution is -1.85. The predicted molar refractivity (Wildman–Crippen MR) is 57.5 cm³/mol. The van der Waals surface area contributed by atoms with Gasteiger partial charge in [0.25, 0.3) is 0 Å². The highest BCUT2D eigenvalue weighted by Gasteiger charge is 1.92. The third-order valence-electron chi connectivity index (χ3n) is 1.95. The molecule has 0 aliphatic carbocycles. The Morgan fingerprint density at radius 1 is 1.46 bits per heavy atom. The Labute approximate surface area is 80.5 Å². The molecule has 0 aliphatic heterocycles. The van der Waals surface area contributed by atoms with Gasteiger partial charge in [0.05, 0.1) is 0 Å². The summed E-state index contributed by atoms with van der Waals surface area (Å²) in [6, 6.07) is 4.07. The van der Waals surface area contributed by atoms with E-state index in [-0.39, 0.29) is 0 Å². The van der Waals surface area contributed by atoms with Gasteiger partial charge in [-0.1, -0.05) is 32.1 Å². The molecule has 0 fully saturated rings. The Morgan fingerprint density at radius 2 is 2.23 bits per heavy atom. The second kappa shape index (κ2) is 4.80. The maximum absolute atomic E-state index is 4.23. The summed E-state index contributed by atoms with van der Waals surface area (Å²) in [4.78, 5) is 4.23. The predicted octanol–water partition coefficient (Wildman–Crippen LogP) is 3.45. The highest BCUT2D eigenvalue weighted by molar-refractivity contribution is 5.50. The Bertz CT molecular complexity index is 287. The highest BCUT2D eigenvalue weighted by atomic mass is 14.7. The highest BCUT2D eigenvalue weighted by Crippen LogP contribution is 2.08. The number of aromatic nitrogens is 1. The van der Waals surface area contributed by atoms with Crippen molar-refractivity contribution < 1.29 is 0 Å². The minimum absolute atomic E-state index is 0.730. The van der Waals surface area contributed by atoms with Gasteiger partial charge in [-0.3, -0.25) is 4.98 Å². The molecule has 0 saturated carbocycles. The van der Waals surface area contributed by atoms with Crippen LogP contribution in [0.2, 0.25) is 0 Å². The first-order valence-corrected chi connectivity index (χ1v) is 4.78. The third-order valence-corrected chi connectivity index (χ3v) is 1.95. The van der Waals surface area contributed by atoms with Crippen LogP contribution in [0.25, 0.3) is 6.08 Å². The summed E-state index contributed by atoms with van der Waals surface area (Å²) in [5.41, 5.74) is 2.32. The van der Waals surface area contributed by atoms with Gasteiger partial charge in [0.1, 0.15) is 0 Å². The fraction of sp³-hybridized carbons (Fsp3) is 0.417. The average molecular weight is 175 g/mol. The molecular weight excluding hydrogens is 158 g/mol. The van der Waals surface area contributed by atoms with Crippen molar-refractivity contribution in [2.45, 2.75) is 27.2 Å².